The Morgan fingerprint density at radius 2 is 1.64 bits per heavy atom. The third-order valence-corrected chi connectivity index (χ3v) is 6.13. The summed E-state index contributed by atoms with van der Waals surface area (Å²) in [6.07, 6.45) is 0. The zero-order valence-electron chi connectivity index (χ0n) is 18.9. The minimum Gasteiger partial charge on any atom is -0.398 e. The number of aromatic amines is 1. The van der Waals surface area contributed by atoms with E-state index in [2.05, 4.69) is 26.7 Å². The summed E-state index contributed by atoms with van der Waals surface area (Å²) in [7, 11) is 0. The first-order valence-corrected chi connectivity index (χ1v) is 11.4. The summed E-state index contributed by atoms with van der Waals surface area (Å²) in [5, 5.41) is 0.135. The molecule has 2 aromatic rings. The zero-order chi connectivity index (χ0) is 23.8. The van der Waals surface area contributed by atoms with Gasteiger partial charge < -0.3 is 27.1 Å². The monoisotopic (exact) mass is 469 g/mol. The van der Waals surface area contributed by atoms with Crippen LogP contribution in [-0.4, -0.2) is 66.4 Å². The number of nitrogens with one attached hydrogen (secondary N) is 1. The van der Waals surface area contributed by atoms with E-state index in [0.29, 0.717) is 23.5 Å². The molecule has 0 radical (unpaired) electrons. The van der Waals surface area contributed by atoms with E-state index in [4.69, 9.17) is 28.8 Å². The highest BCUT2D eigenvalue weighted by molar-refractivity contribution is 6.39. The maximum absolute atomic E-state index is 11.7. The molecule has 0 aliphatic carbocycles. The SMILES string of the molecule is CCN1CCN(CCN=C(N)C(=C(N)c2ccccc2)/C(Cl)=C(\N)c2cccc(=O)[nH]2)CC1. The topological polar surface area (TPSA) is 130 Å². The number of likely N-dealkylation sites (N-methyl/N-ethyl adjacent to an activating group) is 1. The third-order valence-electron chi connectivity index (χ3n) is 5.74. The van der Waals surface area contributed by atoms with Gasteiger partial charge in [0.05, 0.1) is 34.2 Å². The van der Waals surface area contributed by atoms with Crippen LogP contribution in [-0.2, 0) is 0 Å². The summed E-state index contributed by atoms with van der Waals surface area (Å²) in [6, 6.07) is 14.0. The minimum atomic E-state index is -0.286. The molecular weight excluding hydrogens is 438 g/mol. The number of piperazine rings is 1. The number of pyridine rings is 1. The number of aliphatic imine (C=N–C) groups is 1. The lowest BCUT2D eigenvalue weighted by molar-refractivity contribution is 0.140. The Morgan fingerprint density at radius 3 is 2.27 bits per heavy atom. The van der Waals surface area contributed by atoms with Gasteiger partial charge in [-0.05, 0) is 18.2 Å². The summed E-state index contributed by atoms with van der Waals surface area (Å²) in [4.78, 5) is 23.8. The van der Waals surface area contributed by atoms with Gasteiger partial charge in [0.15, 0.2) is 0 Å². The molecule has 8 nitrogen and oxygen atoms in total. The number of rotatable bonds is 8. The average molecular weight is 470 g/mol. The highest BCUT2D eigenvalue weighted by Crippen LogP contribution is 2.27. The molecule has 1 aromatic carbocycles. The molecule has 1 aliphatic rings. The Hall–Kier alpha value is -3.07. The fourth-order valence-electron chi connectivity index (χ4n) is 3.71. The van der Waals surface area contributed by atoms with Gasteiger partial charge in [-0.25, -0.2) is 0 Å². The first-order chi connectivity index (χ1) is 15.9. The van der Waals surface area contributed by atoms with Crippen LogP contribution >= 0.6 is 11.6 Å². The van der Waals surface area contributed by atoms with E-state index >= 15 is 0 Å². The number of amidine groups is 1. The molecule has 1 aromatic heterocycles. The highest BCUT2D eigenvalue weighted by Gasteiger charge is 2.19. The molecule has 1 fully saturated rings. The normalized spacial score (nSPS) is 17.5. The van der Waals surface area contributed by atoms with Crippen LogP contribution in [0.25, 0.3) is 11.4 Å². The molecule has 3 rings (SSSR count). The predicted molar refractivity (Wildman–Crippen MR) is 137 cm³/mol. The number of halogens is 1. The fourth-order valence-corrected chi connectivity index (χ4v) is 4.01. The number of hydrogen-bond donors (Lipinski definition) is 4. The van der Waals surface area contributed by atoms with E-state index in [9.17, 15) is 4.79 Å². The summed E-state index contributed by atoms with van der Waals surface area (Å²) >= 11 is 6.70. The number of hydrogen-bond acceptors (Lipinski definition) is 6. The molecule has 0 amide bonds. The van der Waals surface area contributed by atoms with E-state index in [0.717, 1.165) is 44.8 Å². The molecule has 0 spiro atoms. The number of H-pyrrole nitrogens is 1. The molecule has 0 bridgehead atoms. The summed E-state index contributed by atoms with van der Waals surface area (Å²) < 4.78 is 0. The van der Waals surface area contributed by atoms with Crippen molar-refractivity contribution in [3.63, 3.8) is 0 Å². The van der Waals surface area contributed by atoms with Gasteiger partial charge in [0.2, 0.25) is 5.56 Å². The van der Waals surface area contributed by atoms with E-state index in [1.807, 2.05) is 30.3 Å². The molecule has 2 heterocycles. The van der Waals surface area contributed by atoms with Crippen molar-refractivity contribution in [1.82, 2.24) is 14.8 Å². The lowest BCUT2D eigenvalue weighted by Gasteiger charge is -2.33. The van der Waals surface area contributed by atoms with Gasteiger partial charge in [0.25, 0.3) is 0 Å². The summed E-state index contributed by atoms with van der Waals surface area (Å²) in [5.41, 5.74) is 20.9. The molecule has 176 valence electrons. The quantitative estimate of drug-likeness (QED) is 0.264. The maximum Gasteiger partial charge on any atom is 0.248 e. The highest BCUT2D eigenvalue weighted by atomic mass is 35.5. The third kappa shape index (κ3) is 6.47. The van der Waals surface area contributed by atoms with Crippen molar-refractivity contribution < 1.29 is 0 Å². The van der Waals surface area contributed by atoms with Gasteiger partial charge in [-0.2, -0.15) is 0 Å². The Labute approximate surface area is 199 Å². The molecule has 0 unspecified atom stereocenters. The van der Waals surface area contributed by atoms with Crippen molar-refractivity contribution in [2.24, 2.45) is 22.2 Å². The van der Waals surface area contributed by atoms with Crippen LogP contribution in [0.15, 0.2) is 68.9 Å². The number of nitrogens with two attached hydrogens (primary N) is 3. The Kier molecular flexibility index (Phi) is 8.71. The average Bonchev–Trinajstić information content (AvgIpc) is 2.84. The molecule has 0 saturated carbocycles. The van der Waals surface area contributed by atoms with Gasteiger partial charge in [0, 0.05) is 38.8 Å². The van der Waals surface area contributed by atoms with E-state index in [1.54, 1.807) is 12.1 Å². The Bertz CT molecular complexity index is 1080. The standard InChI is InChI=1S/C24H32ClN7O/c1-2-31-13-15-32(16-14-31)12-11-29-24(28)20(22(26)17-7-4-3-5-8-17)21(25)23(27)18-9-6-10-19(33)30-18/h3-10H,2,11-16,26-27H2,1H3,(H2,28,29)(H,30,33)/b22-20?,23-21+. The van der Waals surface area contributed by atoms with Crippen LogP contribution < -0.4 is 22.8 Å². The Balaban J connectivity index is 1.90. The molecule has 9 heteroatoms. The molecule has 7 N–H and O–H groups in total. The smallest absolute Gasteiger partial charge is 0.248 e. The Morgan fingerprint density at radius 1 is 0.970 bits per heavy atom. The van der Waals surface area contributed by atoms with E-state index in [-0.39, 0.29) is 22.1 Å². The predicted octanol–water partition coefficient (Wildman–Crippen LogP) is 1.61. The second kappa shape index (κ2) is 11.7. The van der Waals surface area contributed by atoms with Crippen molar-refractivity contribution in [3.8, 4) is 0 Å². The molecule has 0 atom stereocenters. The van der Waals surface area contributed by atoms with E-state index in [1.165, 1.54) is 6.07 Å². The van der Waals surface area contributed by atoms with Gasteiger partial charge in [-0.3, -0.25) is 14.7 Å². The molecule has 1 aliphatic heterocycles. The van der Waals surface area contributed by atoms with Crippen LogP contribution in [0.5, 0.6) is 0 Å². The summed E-state index contributed by atoms with van der Waals surface area (Å²) in [5.74, 6) is 0.203. The number of aromatic nitrogens is 1. The van der Waals surface area contributed by atoms with Gasteiger partial charge >= 0.3 is 0 Å². The molecule has 1 saturated heterocycles. The second-order valence-electron chi connectivity index (χ2n) is 7.85. The van der Waals surface area contributed by atoms with E-state index < -0.39 is 0 Å². The van der Waals surface area contributed by atoms with Gasteiger partial charge in [-0.15, -0.1) is 0 Å². The zero-order valence-corrected chi connectivity index (χ0v) is 19.7. The fraction of sp³-hybridized carbons (Fsp3) is 0.333. The van der Waals surface area contributed by atoms with Crippen molar-refractivity contribution >= 4 is 28.8 Å². The number of nitrogens with zero attached hydrogens (tertiary/aromatic N) is 3. The first-order valence-electron chi connectivity index (χ1n) is 11.1. The van der Waals surface area contributed by atoms with Crippen LogP contribution in [0.3, 0.4) is 0 Å². The van der Waals surface area contributed by atoms with Crippen LogP contribution in [0.2, 0.25) is 0 Å². The molecule has 33 heavy (non-hydrogen) atoms. The van der Waals surface area contributed by atoms with Gasteiger partial charge in [-0.1, -0.05) is 54.9 Å². The van der Waals surface area contributed by atoms with Crippen LogP contribution in [0, 0.1) is 0 Å². The first kappa shape index (κ1) is 24.6. The number of benzene rings is 1. The van der Waals surface area contributed by atoms with Crippen molar-refractivity contribution in [1.29, 1.82) is 0 Å². The largest absolute Gasteiger partial charge is 0.398 e. The van der Waals surface area contributed by atoms with Crippen LogP contribution in [0.4, 0.5) is 0 Å². The lowest BCUT2D eigenvalue weighted by atomic mass is 10.0. The second-order valence-corrected chi connectivity index (χ2v) is 8.23. The minimum absolute atomic E-state index is 0.135. The maximum atomic E-state index is 11.7. The molecular formula is C24H32ClN7O. The van der Waals surface area contributed by atoms with Crippen molar-refractivity contribution in [2.75, 3.05) is 45.8 Å². The lowest BCUT2D eigenvalue weighted by Crippen LogP contribution is -2.46. The van der Waals surface area contributed by atoms with Crippen molar-refractivity contribution in [2.45, 2.75) is 6.92 Å². The van der Waals surface area contributed by atoms with Gasteiger partial charge in [0.1, 0.15) is 5.84 Å². The van der Waals surface area contributed by atoms with Crippen molar-refractivity contribution in [3.05, 3.63) is 80.7 Å². The van der Waals surface area contributed by atoms with Crippen LogP contribution in [0.1, 0.15) is 18.2 Å². The summed E-state index contributed by atoms with van der Waals surface area (Å²) in [6.45, 7) is 8.68.